The van der Waals surface area contributed by atoms with Crippen molar-refractivity contribution < 1.29 is 4.79 Å². The van der Waals surface area contributed by atoms with E-state index >= 15 is 0 Å². The molecular formula is C18H28N4O. The number of nitrogens with one attached hydrogen (secondary N) is 1. The zero-order valence-electron chi connectivity index (χ0n) is 14.3. The molecule has 0 unspecified atom stereocenters. The van der Waals surface area contributed by atoms with Gasteiger partial charge in [0.1, 0.15) is 5.82 Å². The Morgan fingerprint density at radius 2 is 2.17 bits per heavy atom. The van der Waals surface area contributed by atoms with Gasteiger partial charge in [0.25, 0.3) is 5.91 Å². The van der Waals surface area contributed by atoms with E-state index in [2.05, 4.69) is 28.5 Å². The van der Waals surface area contributed by atoms with Crippen molar-refractivity contribution in [2.75, 3.05) is 25.5 Å². The number of rotatable bonds is 8. The van der Waals surface area contributed by atoms with E-state index in [0.717, 1.165) is 38.2 Å². The predicted octanol–water partition coefficient (Wildman–Crippen LogP) is 3.65. The Hall–Kier alpha value is -1.91. The molecule has 23 heavy (non-hydrogen) atoms. The molecule has 0 bridgehead atoms. The molecule has 5 nitrogen and oxygen atoms in total. The van der Waals surface area contributed by atoms with Gasteiger partial charge in [0, 0.05) is 20.1 Å². The maximum absolute atomic E-state index is 12.2. The number of hydrogen-bond donors (Lipinski definition) is 1. The highest BCUT2D eigenvalue weighted by Gasteiger charge is 2.13. The lowest BCUT2D eigenvalue weighted by Crippen LogP contribution is -2.28. The lowest BCUT2D eigenvalue weighted by molar-refractivity contribution is 0.0786. The molecule has 0 aromatic carbocycles. The topological polar surface area (TPSA) is 58.1 Å². The lowest BCUT2D eigenvalue weighted by atomic mass is 9.97. The third-order valence-electron chi connectivity index (χ3n) is 4.21. The summed E-state index contributed by atoms with van der Waals surface area (Å²) in [5, 5.41) is 11.5. The SMILES string of the molecule is CCCCN(C)C(=O)c1ccc(NCCC2=CCCCC2)nn1. The fraction of sp³-hybridized carbons (Fsp3) is 0.611. The van der Waals surface area contributed by atoms with Gasteiger partial charge in [0.2, 0.25) is 0 Å². The standard InChI is InChI=1S/C18H28N4O/c1-3-4-14-22(2)18(23)16-10-11-17(21-20-16)19-13-12-15-8-6-5-7-9-15/h8,10-11H,3-7,9,12-14H2,1-2H3,(H,19,21). The Morgan fingerprint density at radius 3 is 2.83 bits per heavy atom. The molecule has 5 heteroatoms. The summed E-state index contributed by atoms with van der Waals surface area (Å²) in [6.45, 7) is 3.73. The molecule has 1 aromatic rings. The summed E-state index contributed by atoms with van der Waals surface area (Å²) in [5.41, 5.74) is 1.95. The zero-order chi connectivity index (χ0) is 16.5. The molecular weight excluding hydrogens is 288 g/mol. The van der Waals surface area contributed by atoms with Gasteiger partial charge in [0.15, 0.2) is 5.69 Å². The van der Waals surface area contributed by atoms with E-state index < -0.39 is 0 Å². The summed E-state index contributed by atoms with van der Waals surface area (Å²) in [6, 6.07) is 3.59. The van der Waals surface area contributed by atoms with Crippen LogP contribution >= 0.6 is 0 Å². The Kier molecular flexibility index (Phi) is 7.04. The highest BCUT2D eigenvalue weighted by Crippen LogP contribution is 2.19. The minimum Gasteiger partial charge on any atom is -0.368 e. The van der Waals surface area contributed by atoms with Crippen LogP contribution in [0.2, 0.25) is 0 Å². The third-order valence-corrected chi connectivity index (χ3v) is 4.21. The average molecular weight is 316 g/mol. The largest absolute Gasteiger partial charge is 0.368 e. The van der Waals surface area contributed by atoms with Gasteiger partial charge in [0.05, 0.1) is 0 Å². The monoisotopic (exact) mass is 316 g/mol. The molecule has 126 valence electrons. The van der Waals surface area contributed by atoms with Gasteiger partial charge >= 0.3 is 0 Å². The van der Waals surface area contributed by atoms with Crippen molar-refractivity contribution in [1.29, 1.82) is 0 Å². The second-order valence-electron chi connectivity index (χ2n) is 6.17. The molecule has 0 saturated carbocycles. The number of carbonyl (C=O) groups excluding carboxylic acids is 1. The highest BCUT2D eigenvalue weighted by atomic mass is 16.2. The van der Waals surface area contributed by atoms with Crippen LogP contribution in [0.25, 0.3) is 0 Å². The van der Waals surface area contributed by atoms with Crippen LogP contribution in [0.4, 0.5) is 5.82 Å². The number of hydrogen-bond acceptors (Lipinski definition) is 4. The summed E-state index contributed by atoms with van der Waals surface area (Å²) in [6.07, 6.45) is 10.6. The molecule has 0 aliphatic heterocycles. The first-order chi connectivity index (χ1) is 11.2. The van der Waals surface area contributed by atoms with Crippen LogP contribution < -0.4 is 5.32 Å². The zero-order valence-corrected chi connectivity index (χ0v) is 14.3. The molecule has 1 N–H and O–H groups in total. The van der Waals surface area contributed by atoms with Crippen LogP contribution in [-0.2, 0) is 0 Å². The summed E-state index contributed by atoms with van der Waals surface area (Å²) < 4.78 is 0. The molecule has 1 heterocycles. The van der Waals surface area contributed by atoms with Gasteiger partial charge in [-0.15, -0.1) is 10.2 Å². The van der Waals surface area contributed by atoms with E-state index in [-0.39, 0.29) is 5.91 Å². The molecule has 0 saturated heterocycles. The van der Waals surface area contributed by atoms with E-state index in [1.54, 1.807) is 16.5 Å². The molecule has 0 spiro atoms. The second-order valence-corrected chi connectivity index (χ2v) is 6.17. The maximum atomic E-state index is 12.2. The molecule has 1 amide bonds. The van der Waals surface area contributed by atoms with E-state index in [1.807, 2.05) is 13.1 Å². The number of allylic oxidation sites excluding steroid dienone is 1. The lowest BCUT2D eigenvalue weighted by Gasteiger charge is -2.16. The number of carbonyl (C=O) groups is 1. The first-order valence-corrected chi connectivity index (χ1v) is 8.71. The van der Waals surface area contributed by atoms with Gasteiger partial charge in [-0.05, 0) is 50.7 Å². The van der Waals surface area contributed by atoms with Crippen molar-refractivity contribution >= 4 is 11.7 Å². The van der Waals surface area contributed by atoms with Crippen molar-refractivity contribution in [1.82, 2.24) is 15.1 Å². The molecule has 1 aromatic heterocycles. The Balaban J connectivity index is 1.79. The van der Waals surface area contributed by atoms with Crippen LogP contribution in [0, 0.1) is 0 Å². The number of unbranched alkanes of at least 4 members (excludes halogenated alkanes) is 1. The quantitative estimate of drug-likeness (QED) is 0.744. The Labute approximate surface area is 139 Å². The maximum Gasteiger partial charge on any atom is 0.274 e. The molecule has 1 aliphatic carbocycles. The van der Waals surface area contributed by atoms with Crippen molar-refractivity contribution in [2.24, 2.45) is 0 Å². The van der Waals surface area contributed by atoms with Crippen LogP contribution in [0.15, 0.2) is 23.8 Å². The van der Waals surface area contributed by atoms with Gasteiger partial charge < -0.3 is 10.2 Å². The van der Waals surface area contributed by atoms with Crippen LogP contribution in [-0.4, -0.2) is 41.1 Å². The fourth-order valence-corrected chi connectivity index (χ4v) is 2.72. The number of amides is 1. The van der Waals surface area contributed by atoms with Crippen molar-refractivity contribution in [3.63, 3.8) is 0 Å². The summed E-state index contributed by atoms with van der Waals surface area (Å²) in [5.74, 6) is 0.666. The van der Waals surface area contributed by atoms with Gasteiger partial charge in [-0.2, -0.15) is 0 Å². The summed E-state index contributed by atoms with van der Waals surface area (Å²) in [4.78, 5) is 13.9. The number of anilines is 1. The molecule has 1 aliphatic rings. The van der Waals surface area contributed by atoms with E-state index in [9.17, 15) is 4.79 Å². The Morgan fingerprint density at radius 1 is 1.30 bits per heavy atom. The molecule has 0 radical (unpaired) electrons. The van der Waals surface area contributed by atoms with Gasteiger partial charge in [-0.3, -0.25) is 4.79 Å². The second kappa shape index (κ2) is 9.28. The van der Waals surface area contributed by atoms with Gasteiger partial charge in [-0.25, -0.2) is 0 Å². The van der Waals surface area contributed by atoms with Crippen molar-refractivity contribution in [3.05, 3.63) is 29.5 Å². The number of aromatic nitrogens is 2. The Bertz CT molecular complexity index is 524. The first kappa shape index (κ1) is 17.4. The van der Waals surface area contributed by atoms with E-state index in [1.165, 1.54) is 25.7 Å². The summed E-state index contributed by atoms with van der Waals surface area (Å²) >= 11 is 0. The fourth-order valence-electron chi connectivity index (χ4n) is 2.72. The average Bonchev–Trinajstić information content (AvgIpc) is 2.60. The van der Waals surface area contributed by atoms with E-state index in [0.29, 0.717) is 5.69 Å². The minimum absolute atomic E-state index is 0.0649. The predicted molar refractivity (Wildman–Crippen MR) is 93.6 cm³/mol. The van der Waals surface area contributed by atoms with Crippen LogP contribution in [0.5, 0.6) is 0 Å². The first-order valence-electron chi connectivity index (χ1n) is 8.71. The third kappa shape index (κ3) is 5.66. The molecule has 2 rings (SSSR count). The smallest absolute Gasteiger partial charge is 0.274 e. The van der Waals surface area contributed by atoms with Crippen molar-refractivity contribution in [2.45, 2.75) is 51.9 Å². The normalized spacial score (nSPS) is 14.3. The highest BCUT2D eigenvalue weighted by molar-refractivity contribution is 5.92. The van der Waals surface area contributed by atoms with Crippen LogP contribution in [0.3, 0.4) is 0 Å². The van der Waals surface area contributed by atoms with Crippen LogP contribution in [0.1, 0.15) is 62.4 Å². The number of nitrogens with zero attached hydrogens (tertiary/aromatic N) is 3. The summed E-state index contributed by atoms with van der Waals surface area (Å²) in [7, 11) is 1.81. The van der Waals surface area contributed by atoms with E-state index in [4.69, 9.17) is 0 Å². The van der Waals surface area contributed by atoms with Crippen molar-refractivity contribution in [3.8, 4) is 0 Å². The molecule has 0 fully saturated rings. The van der Waals surface area contributed by atoms with Gasteiger partial charge in [-0.1, -0.05) is 25.0 Å². The minimum atomic E-state index is -0.0649. The molecule has 0 atom stereocenters.